The number of carbonyl (C=O) groups is 2. The minimum atomic E-state index is -0.442. The van der Waals surface area contributed by atoms with Gasteiger partial charge in [0.25, 0.3) is 11.8 Å². The lowest BCUT2D eigenvalue weighted by molar-refractivity contribution is -0.120. The van der Waals surface area contributed by atoms with Crippen LogP contribution in [0.3, 0.4) is 0 Å². The third-order valence-corrected chi connectivity index (χ3v) is 6.21. The van der Waals surface area contributed by atoms with Gasteiger partial charge in [0, 0.05) is 16.3 Å². The summed E-state index contributed by atoms with van der Waals surface area (Å²) in [6, 6.07) is 18.2. The summed E-state index contributed by atoms with van der Waals surface area (Å²) in [5.74, 6) is -0.367. The Hall–Kier alpha value is -3.57. The molecule has 6 heteroatoms. The lowest BCUT2D eigenvalue weighted by atomic mass is 10.0. The van der Waals surface area contributed by atoms with Gasteiger partial charge in [-0.25, -0.2) is 4.90 Å². The molecular weight excluding hydrogens is 424 g/mol. The van der Waals surface area contributed by atoms with E-state index in [0.29, 0.717) is 27.6 Å². The second-order valence-corrected chi connectivity index (χ2v) is 8.06. The van der Waals surface area contributed by atoms with E-state index >= 15 is 0 Å². The molecule has 0 unspecified atom stereocenters. The molecule has 1 heterocycles. The fraction of sp³-hybridized carbons (Fsp3) is 0.154. The maximum Gasteiger partial charge on any atom is 0.282 e. The molecule has 0 saturated carbocycles. The van der Waals surface area contributed by atoms with Crippen molar-refractivity contribution >= 4 is 40.4 Å². The minimum Gasteiger partial charge on any atom is -0.496 e. The quantitative estimate of drug-likeness (QED) is 0.513. The van der Waals surface area contributed by atoms with Gasteiger partial charge < -0.3 is 10.1 Å². The summed E-state index contributed by atoms with van der Waals surface area (Å²) in [6.45, 7) is 5.76. The van der Waals surface area contributed by atoms with Gasteiger partial charge in [-0.1, -0.05) is 48.0 Å². The van der Waals surface area contributed by atoms with Crippen molar-refractivity contribution in [1.29, 1.82) is 0 Å². The van der Waals surface area contributed by atoms with E-state index in [1.807, 2.05) is 44.2 Å². The molecule has 0 saturated heterocycles. The van der Waals surface area contributed by atoms with Gasteiger partial charge in [0.2, 0.25) is 0 Å². The molecule has 0 aromatic heterocycles. The van der Waals surface area contributed by atoms with Crippen molar-refractivity contribution in [2.24, 2.45) is 0 Å². The molecule has 32 heavy (non-hydrogen) atoms. The van der Waals surface area contributed by atoms with Crippen LogP contribution in [0.1, 0.15) is 22.3 Å². The van der Waals surface area contributed by atoms with Gasteiger partial charge in [-0.3, -0.25) is 9.59 Å². The molecule has 2 amide bonds. The minimum absolute atomic E-state index is 0.201. The zero-order chi connectivity index (χ0) is 23.0. The Bertz CT molecular complexity index is 1280. The van der Waals surface area contributed by atoms with Crippen LogP contribution in [0.25, 0.3) is 5.57 Å². The van der Waals surface area contributed by atoms with Crippen LogP contribution in [-0.2, 0) is 9.59 Å². The second kappa shape index (κ2) is 8.52. The largest absolute Gasteiger partial charge is 0.496 e. The molecule has 162 valence electrons. The predicted octanol–water partition coefficient (Wildman–Crippen LogP) is 5.67. The number of benzene rings is 3. The summed E-state index contributed by atoms with van der Waals surface area (Å²) in [6.07, 6.45) is 0. The number of anilines is 2. The molecule has 0 bridgehead atoms. The van der Waals surface area contributed by atoms with Crippen LogP contribution >= 0.6 is 11.6 Å². The van der Waals surface area contributed by atoms with Gasteiger partial charge >= 0.3 is 0 Å². The number of nitrogens with zero attached hydrogens (tertiary/aromatic N) is 1. The molecule has 1 aliphatic heterocycles. The van der Waals surface area contributed by atoms with Crippen LogP contribution in [0.2, 0.25) is 5.02 Å². The normalized spacial score (nSPS) is 13.7. The highest BCUT2D eigenvalue weighted by Crippen LogP contribution is 2.39. The van der Waals surface area contributed by atoms with Gasteiger partial charge in [0.15, 0.2) is 0 Å². The zero-order valence-electron chi connectivity index (χ0n) is 18.3. The first kappa shape index (κ1) is 21.7. The predicted molar refractivity (Wildman–Crippen MR) is 128 cm³/mol. The zero-order valence-corrected chi connectivity index (χ0v) is 19.1. The number of nitrogens with one attached hydrogen (secondary N) is 1. The number of imide groups is 1. The van der Waals surface area contributed by atoms with Crippen molar-refractivity contribution in [3.8, 4) is 5.75 Å². The molecule has 3 aromatic rings. The molecule has 5 nitrogen and oxygen atoms in total. The third kappa shape index (κ3) is 3.55. The third-order valence-electron chi connectivity index (χ3n) is 5.80. The Morgan fingerprint density at radius 3 is 2.31 bits per heavy atom. The van der Waals surface area contributed by atoms with E-state index in [1.165, 1.54) is 12.0 Å². The first-order valence-electron chi connectivity index (χ1n) is 10.2. The van der Waals surface area contributed by atoms with Gasteiger partial charge in [-0.2, -0.15) is 0 Å². The first-order valence-corrected chi connectivity index (χ1v) is 10.6. The maximum atomic E-state index is 13.7. The second-order valence-electron chi connectivity index (χ2n) is 7.65. The Morgan fingerprint density at radius 1 is 0.844 bits per heavy atom. The Kier molecular flexibility index (Phi) is 5.76. The van der Waals surface area contributed by atoms with Crippen LogP contribution in [0.5, 0.6) is 5.75 Å². The lowest BCUT2D eigenvalue weighted by Gasteiger charge is -2.19. The van der Waals surface area contributed by atoms with Crippen molar-refractivity contribution in [1.82, 2.24) is 0 Å². The molecule has 3 aromatic carbocycles. The topological polar surface area (TPSA) is 58.6 Å². The molecule has 1 N–H and O–H groups in total. The maximum absolute atomic E-state index is 13.7. The van der Waals surface area contributed by atoms with Gasteiger partial charge in [-0.05, 0) is 61.7 Å². The Labute approximate surface area is 192 Å². The number of halogens is 1. The number of ether oxygens (including phenoxy) is 1. The van der Waals surface area contributed by atoms with Crippen molar-refractivity contribution in [3.63, 3.8) is 0 Å². The van der Waals surface area contributed by atoms with E-state index in [4.69, 9.17) is 16.3 Å². The van der Waals surface area contributed by atoms with Crippen LogP contribution in [-0.4, -0.2) is 18.9 Å². The molecule has 1 aliphatic rings. The van der Waals surface area contributed by atoms with E-state index < -0.39 is 11.8 Å². The highest BCUT2D eigenvalue weighted by molar-refractivity contribution is 6.47. The SMILES string of the molecule is COc1ccccc1C1=C(Nc2cccc(C)c2C)C(=O)N(c2cccc(Cl)c2C)C1=O. The number of para-hydroxylation sites is 1. The van der Waals surface area contributed by atoms with Crippen molar-refractivity contribution in [2.75, 3.05) is 17.3 Å². The van der Waals surface area contributed by atoms with Gasteiger partial charge in [0.05, 0.1) is 18.4 Å². The van der Waals surface area contributed by atoms with Crippen molar-refractivity contribution < 1.29 is 14.3 Å². The van der Waals surface area contributed by atoms with Crippen molar-refractivity contribution in [2.45, 2.75) is 20.8 Å². The molecule has 4 rings (SSSR count). The highest BCUT2D eigenvalue weighted by Gasteiger charge is 2.42. The molecular formula is C26H23ClN2O3. The summed E-state index contributed by atoms with van der Waals surface area (Å²) in [4.78, 5) is 28.6. The van der Waals surface area contributed by atoms with E-state index in [0.717, 1.165) is 16.8 Å². The van der Waals surface area contributed by atoms with Crippen LogP contribution in [0.15, 0.2) is 66.4 Å². The summed E-state index contributed by atoms with van der Waals surface area (Å²) in [5, 5.41) is 3.73. The van der Waals surface area contributed by atoms with Crippen LogP contribution < -0.4 is 15.0 Å². The summed E-state index contributed by atoms with van der Waals surface area (Å²) < 4.78 is 5.50. The summed E-state index contributed by atoms with van der Waals surface area (Å²) >= 11 is 6.29. The first-order chi connectivity index (χ1) is 15.3. The smallest absolute Gasteiger partial charge is 0.282 e. The van der Waals surface area contributed by atoms with E-state index in [-0.39, 0.29) is 11.3 Å². The number of aryl methyl sites for hydroxylation is 1. The standard InChI is InChI=1S/C26H23ClN2O3/c1-15-9-7-12-20(16(15)2)28-24-23(18-10-5-6-14-22(18)32-4)25(30)29(26(24)31)21-13-8-11-19(27)17(21)3/h5-14,28H,1-4H3. The summed E-state index contributed by atoms with van der Waals surface area (Å²) in [5.41, 5.74) is 4.95. The van der Waals surface area contributed by atoms with Gasteiger partial charge in [-0.15, -0.1) is 0 Å². The van der Waals surface area contributed by atoms with Crippen LogP contribution in [0, 0.1) is 20.8 Å². The van der Waals surface area contributed by atoms with E-state index in [2.05, 4.69) is 5.32 Å². The molecule has 0 aliphatic carbocycles. The fourth-order valence-corrected chi connectivity index (χ4v) is 3.99. The van der Waals surface area contributed by atoms with E-state index in [9.17, 15) is 9.59 Å². The number of amides is 2. The number of carbonyl (C=O) groups excluding carboxylic acids is 2. The number of hydrogen-bond acceptors (Lipinski definition) is 4. The Morgan fingerprint density at radius 2 is 1.56 bits per heavy atom. The Balaban J connectivity index is 1.92. The lowest BCUT2D eigenvalue weighted by Crippen LogP contribution is -2.33. The van der Waals surface area contributed by atoms with Crippen LogP contribution in [0.4, 0.5) is 11.4 Å². The molecule has 0 spiro atoms. The average molecular weight is 447 g/mol. The highest BCUT2D eigenvalue weighted by atomic mass is 35.5. The van der Waals surface area contributed by atoms with Gasteiger partial charge in [0.1, 0.15) is 11.4 Å². The number of rotatable bonds is 5. The van der Waals surface area contributed by atoms with Crippen molar-refractivity contribution in [3.05, 3.63) is 93.6 Å². The molecule has 0 radical (unpaired) electrons. The number of hydrogen-bond donors (Lipinski definition) is 1. The van der Waals surface area contributed by atoms with E-state index in [1.54, 1.807) is 37.3 Å². The average Bonchev–Trinajstić information content (AvgIpc) is 3.02. The summed E-state index contributed by atoms with van der Waals surface area (Å²) in [7, 11) is 1.54. The fourth-order valence-electron chi connectivity index (χ4n) is 3.83. The molecule has 0 fully saturated rings. The molecule has 0 atom stereocenters. The number of methoxy groups -OCH3 is 1. The monoisotopic (exact) mass is 446 g/mol.